The number of H-pyrrole nitrogens is 1. The number of hydrogen-bond donors (Lipinski definition) is 2. The maximum atomic E-state index is 12.1. The summed E-state index contributed by atoms with van der Waals surface area (Å²) in [4.78, 5) is 15.4. The van der Waals surface area contributed by atoms with Crippen LogP contribution in [0, 0.1) is 0 Å². The number of para-hydroxylation sites is 2. The maximum absolute atomic E-state index is 12.1. The van der Waals surface area contributed by atoms with Gasteiger partial charge in [0.15, 0.2) is 11.0 Å². The first kappa shape index (κ1) is 16.2. The Morgan fingerprint density at radius 3 is 2.83 bits per heavy atom. The van der Waals surface area contributed by atoms with Crippen molar-refractivity contribution in [1.29, 1.82) is 0 Å². The van der Waals surface area contributed by atoms with E-state index < -0.39 is 0 Å². The van der Waals surface area contributed by atoms with Gasteiger partial charge in [0.05, 0.1) is 23.5 Å². The first-order chi connectivity index (χ1) is 11.0. The molecule has 2 aromatic carbocycles. The van der Waals surface area contributed by atoms with Crippen LogP contribution in [0.2, 0.25) is 10.0 Å². The van der Waals surface area contributed by atoms with Gasteiger partial charge in [-0.3, -0.25) is 4.79 Å². The number of nitrogens with one attached hydrogen (secondary N) is 2. The molecule has 1 amide bonds. The number of hydrogen-bond acceptors (Lipinski definition) is 2. The zero-order chi connectivity index (χ0) is 16.4. The number of nitrogens with zero attached hydrogens (tertiary/aromatic N) is 1. The Morgan fingerprint density at radius 2 is 2.04 bits per heavy atom. The number of benzene rings is 2. The van der Waals surface area contributed by atoms with Crippen LogP contribution in [0.25, 0.3) is 11.0 Å². The molecule has 0 saturated carbocycles. The number of carbonyl (C=O) groups is 1. The van der Waals surface area contributed by atoms with E-state index in [-0.39, 0.29) is 11.7 Å². The van der Waals surface area contributed by atoms with Crippen LogP contribution >= 0.6 is 35.0 Å². The van der Waals surface area contributed by atoms with E-state index in [0.717, 1.165) is 16.2 Å². The number of aromatic nitrogens is 2. The van der Waals surface area contributed by atoms with Crippen LogP contribution in [0.5, 0.6) is 0 Å². The maximum Gasteiger partial charge on any atom is 0.317 e. The average molecular weight is 367 g/mol. The molecule has 0 radical (unpaired) electrons. The number of rotatable bonds is 4. The monoisotopic (exact) mass is 366 g/mol. The standard InChI is InChI=1S/C16H13Cl2N3OS/c1-21-14-5-3-2-4-12(14)20-16(21)23-9-15(22)19-13-8-10(17)6-7-11(13)18/h2-8H,9H2,1H3,(H,19,22)/p+1. The van der Waals surface area contributed by atoms with Crippen molar-refractivity contribution >= 4 is 57.6 Å². The highest BCUT2D eigenvalue weighted by Gasteiger charge is 2.17. The van der Waals surface area contributed by atoms with E-state index in [2.05, 4.69) is 10.3 Å². The number of fused-ring (bicyclic) bond motifs is 1. The van der Waals surface area contributed by atoms with Gasteiger partial charge >= 0.3 is 5.16 Å². The Balaban J connectivity index is 1.68. The third kappa shape index (κ3) is 3.63. The molecular weight excluding hydrogens is 353 g/mol. The molecule has 3 aromatic rings. The van der Waals surface area contributed by atoms with Crippen LogP contribution in [0.1, 0.15) is 0 Å². The average Bonchev–Trinajstić information content (AvgIpc) is 2.86. The van der Waals surface area contributed by atoms with E-state index in [1.54, 1.807) is 18.2 Å². The zero-order valence-corrected chi connectivity index (χ0v) is 14.6. The van der Waals surface area contributed by atoms with Crippen LogP contribution in [-0.4, -0.2) is 16.6 Å². The van der Waals surface area contributed by atoms with Crippen molar-refractivity contribution in [3.63, 3.8) is 0 Å². The Bertz CT molecular complexity index is 879. The number of carbonyl (C=O) groups excluding carboxylic acids is 1. The Kier molecular flexibility index (Phi) is 4.80. The molecule has 1 aromatic heterocycles. The fourth-order valence-electron chi connectivity index (χ4n) is 2.23. The van der Waals surface area contributed by atoms with Crippen molar-refractivity contribution in [3.05, 3.63) is 52.5 Å². The molecular formula is C16H14Cl2N3OS+. The van der Waals surface area contributed by atoms with Crippen molar-refractivity contribution in [2.75, 3.05) is 11.1 Å². The number of halogens is 2. The van der Waals surface area contributed by atoms with E-state index >= 15 is 0 Å². The third-order valence-corrected chi connectivity index (χ3v) is 4.97. The zero-order valence-electron chi connectivity index (χ0n) is 12.3. The molecule has 118 valence electrons. The molecule has 0 aliphatic rings. The van der Waals surface area contributed by atoms with Crippen LogP contribution < -0.4 is 9.88 Å². The van der Waals surface area contributed by atoms with Crippen LogP contribution in [-0.2, 0) is 11.8 Å². The summed E-state index contributed by atoms with van der Waals surface area (Å²) >= 11 is 13.4. The first-order valence-electron chi connectivity index (χ1n) is 6.89. The summed E-state index contributed by atoms with van der Waals surface area (Å²) in [5.74, 6) is 0.126. The summed E-state index contributed by atoms with van der Waals surface area (Å²) in [6.07, 6.45) is 0. The van der Waals surface area contributed by atoms with E-state index in [1.807, 2.05) is 35.9 Å². The van der Waals surface area contributed by atoms with Crippen molar-refractivity contribution in [2.45, 2.75) is 5.16 Å². The number of aromatic amines is 1. The van der Waals surface area contributed by atoms with Crippen molar-refractivity contribution < 1.29 is 9.36 Å². The largest absolute Gasteiger partial charge is 0.324 e. The number of anilines is 1. The highest BCUT2D eigenvalue weighted by Crippen LogP contribution is 2.26. The first-order valence-corrected chi connectivity index (χ1v) is 8.63. The number of thioether (sulfide) groups is 1. The van der Waals surface area contributed by atoms with Gasteiger partial charge in [0.25, 0.3) is 0 Å². The molecule has 0 saturated heterocycles. The number of aryl methyl sites for hydroxylation is 1. The molecule has 1 heterocycles. The predicted octanol–water partition coefficient (Wildman–Crippen LogP) is 4.03. The summed E-state index contributed by atoms with van der Waals surface area (Å²) in [5, 5.41) is 4.68. The Hall–Kier alpha value is -1.69. The molecule has 0 unspecified atom stereocenters. The fraction of sp³-hybridized carbons (Fsp3) is 0.125. The van der Waals surface area contributed by atoms with E-state index in [4.69, 9.17) is 23.2 Å². The lowest BCUT2D eigenvalue weighted by atomic mass is 10.3. The van der Waals surface area contributed by atoms with Gasteiger partial charge in [0.1, 0.15) is 0 Å². The molecule has 2 N–H and O–H groups in total. The number of imidazole rings is 1. The molecule has 4 nitrogen and oxygen atoms in total. The van der Waals surface area contributed by atoms with Crippen LogP contribution in [0.3, 0.4) is 0 Å². The van der Waals surface area contributed by atoms with E-state index in [0.29, 0.717) is 15.7 Å². The molecule has 0 spiro atoms. The molecule has 23 heavy (non-hydrogen) atoms. The second kappa shape index (κ2) is 6.83. The molecule has 0 bridgehead atoms. The molecule has 0 atom stereocenters. The lowest BCUT2D eigenvalue weighted by molar-refractivity contribution is -0.683. The van der Waals surface area contributed by atoms with Crippen LogP contribution in [0.4, 0.5) is 5.69 Å². The minimum absolute atomic E-state index is 0.141. The molecule has 7 heteroatoms. The minimum Gasteiger partial charge on any atom is -0.324 e. The second-order valence-electron chi connectivity index (χ2n) is 4.97. The Morgan fingerprint density at radius 1 is 1.26 bits per heavy atom. The molecule has 0 aliphatic carbocycles. The topological polar surface area (TPSA) is 48.8 Å². The smallest absolute Gasteiger partial charge is 0.317 e. The quantitative estimate of drug-likeness (QED) is 0.540. The van der Waals surface area contributed by atoms with Gasteiger partial charge in [0.2, 0.25) is 5.91 Å². The van der Waals surface area contributed by atoms with Gasteiger partial charge in [-0.25, -0.2) is 9.55 Å². The fourth-order valence-corrected chi connectivity index (χ4v) is 3.38. The highest BCUT2D eigenvalue weighted by atomic mass is 35.5. The highest BCUT2D eigenvalue weighted by molar-refractivity contribution is 7.99. The minimum atomic E-state index is -0.141. The van der Waals surface area contributed by atoms with Crippen LogP contribution in [0.15, 0.2) is 47.6 Å². The molecule has 0 fully saturated rings. The lowest BCUT2D eigenvalue weighted by Gasteiger charge is -2.06. The SMILES string of the molecule is C[n+]1c(SCC(=O)Nc2cc(Cl)ccc2Cl)[nH]c2ccccc21. The Labute approximate surface area is 147 Å². The van der Waals surface area contributed by atoms with Crippen molar-refractivity contribution in [2.24, 2.45) is 7.05 Å². The summed E-state index contributed by atoms with van der Waals surface area (Å²) in [6, 6.07) is 13.0. The molecule has 3 rings (SSSR count). The predicted molar refractivity (Wildman–Crippen MR) is 95.3 cm³/mol. The van der Waals surface area contributed by atoms with Gasteiger partial charge in [-0.05, 0) is 42.1 Å². The van der Waals surface area contributed by atoms with Gasteiger partial charge < -0.3 is 5.32 Å². The van der Waals surface area contributed by atoms with Gasteiger partial charge in [0, 0.05) is 5.02 Å². The third-order valence-electron chi connectivity index (χ3n) is 3.35. The summed E-state index contributed by atoms with van der Waals surface area (Å²) in [6.45, 7) is 0. The van der Waals surface area contributed by atoms with E-state index in [1.165, 1.54) is 11.8 Å². The van der Waals surface area contributed by atoms with Gasteiger partial charge in [-0.15, -0.1) is 0 Å². The van der Waals surface area contributed by atoms with Crippen molar-refractivity contribution in [1.82, 2.24) is 4.98 Å². The summed E-state index contributed by atoms with van der Waals surface area (Å²) in [5.41, 5.74) is 2.65. The molecule has 0 aliphatic heterocycles. The van der Waals surface area contributed by atoms with Gasteiger partial charge in [-0.1, -0.05) is 35.3 Å². The summed E-state index contributed by atoms with van der Waals surface area (Å²) in [7, 11) is 1.97. The van der Waals surface area contributed by atoms with Crippen molar-refractivity contribution in [3.8, 4) is 0 Å². The summed E-state index contributed by atoms with van der Waals surface area (Å²) < 4.78 is 2.03. The normalized spacial score (nSPS) is 10.9. The van der Waals surface area contributed by atoms with Gasteiger partial charge in [-0.2, -0.15) is 0 Å². The lowest BCUT2D eigenvalue weighted by Crippen LogP contribution is -2.29. The van der Waals surface area contributed by atoms with E-state index in [9.17, 15) is 4.79 Å². The second-order valence-corrected chi connectivity index (χ2v) is 6.78. The number of amides is 1.